The first-order chi connectivity index (χ1) is 12.4. The molecule has 1 aromatic heterocycles. The number of aromatic nitrogens is 1. The molecule has 0 amide bonds. The number of hydrogen-bond acceptors (Lipinski definition) is 5. The van der Waals surface area contributed by atoms with Crippen molar-refractivity contribution in [1.29, 1.82) is 0 Å². The summed E-state index contributed by atoms with van der Waals surface area (Å²) >= 11 is 1.67. The number of carboxylic acids is 2. The van der Waals surface area contributed by atoms with Gasteiger partial charge in [-0.3, -0.25) is 4.79 Å². The molecule has 0 radical (unpaired) electrons. The molecule has 26 heavy (non-hydrogen) atoms. The summed E-state index contributed by atoms with van der Waals surface area (Å²) in [5.41, 5.74) is 3.75. The molecular formula is C18H20N2O5S. The van der Waals surface area contributed by atoms with E-state index in [1.807, 2.05) is 0 Å². The van der Waals surface area contributed by atoms with Crippen molar-refractivity contribution < 1.29 is 19.8 Å². The molecule has 1 heterocycles. The molecule has 0 aliphatic carbocycles. The first-order valence-corrected chi connectivity index (χ1v) is 9.11. The molecule has 2 aromatic rings. The van der Waals surface area contributed by atoms with E-state index < -0.39 is 28.6 Å². The van der Waals surface area contributed by atoms with Gasteiger partial charge in [-0.05, 0) is 29.9 Å². The maximum absolute atomic E-state index is 12.0. The molecule has 0 aliphatic heterocycles. The average molecular weight is 376 g/mol. The summed E-state index contributed by atoms with van der Waals surface area (Å²) in [6.07, 6.45) is 3.39. The van der Waals surface area contributed by atoms with E-state index in [1.54, 1.807) is 36.0 Å². The second-order valence-electron chi connectivity index (χ2n) is 5.68. The standard InChI is InChI=1S/C18H20N2O5S/c1-2-3-4-9-26-11-7-5-10(6-8-11)12-13(17(22)23)15(19)20-16(21)14(12)18(24)25/h5-8H,2-4,9H2,1H3,(H,22,23)(H,24,25)(H3,19,20,21). The smallest absolute Gasteiger partial charge is 0.342 e. The number of pyridine rings is 1. The van der Waals surface area contributed by atoms with Gasteiger partial charge in [-0.1, -0.05) is 31.9 Å². The van der Waals surface area contributed by atoms with Gasteiger partial charge < -0.3 is 20.9 Å². The molecular weight excluding hydrogens is 356 g/mol. The van der Waals surface area contributed by atoms with Gasteiger partial charge in [0.25, 0.3) is 5.56 Å². The van der Waals surface area contributed by atoms with Crippen LogP contribution in [-0.4, -0.2) is 32.9 Å². The Kier molecular flexibility index (Phi) is 6.46. The number of unbranched alkanes of at least 4 members (excludes halogenated alkanes) is 2. The van der Waals surface area contributed by atoms with Gasteiger partial charge in [0.2, 0.25) is 0 Å². The predicted molar refractivity (Wildman–Crippen MR) is 101 cm³/mol. The monoisotopic (exact) mass is 376 g/mol. The van der Waals surface area contributed by atoms with Crippen molar-refractivity contribution in [3.05, 3.63) is 45.7 Å². The number of nitrogens with two attached hydrogens (primary N) is 1. The van der Waals surface area contributed by atoms with Crippen molar-refractivity contribution in [3.63, 3.8) is 0 Å². The Labute approximate surface area is 154 Å². The summed E-state index contributed by atoms with van der Waals surface area (Å²) in [5.74, 6) is -2.33. The summed E-state index contributed by atoms with van der Waals surface area (Å²) in [7, 11) is 0. The molecule has 0 atom stereocenters. The number of carboxylic acid groups (broad SMARTS) is 2. The van der Waals surface area contributed by atoms with Crippen LogP contribution in [0.1, 0.15) is 46.9 Å². The van der Waals surface area contributed by atoms with Crippen molar-refractivity contribution in [2.45, 2.75) is 31.1 Å². The Bertz CT molecular complexity index is 874. The number of carbonyl (C=O) groups is 2. The van der Waals surface area contributed by atoms with E-state index in [2.05, 4.69) is 11.9 Å². The minimum Gasteiger partial charge on any atom is -0.478 e. The number of H-pyrrole nitrogens is 1. The largest absolute Gasteiger partial charge is 0.478 e. The van der Waals surface area contributed by atoms with Crippen molar-refractivity contribution >= 4 is 29.5 Å². The fourth-order valence-corrected chi connectivity index (χ4v) is 3.51. The zero-order valence-electron chi connectivity index (χ0n) is 14.2. The van der Waals surface area contributed by atoms with Gasteiger partial charge in [-0.15, -0.1) is 11.8 Å². The molecule has 0 saturated heterocycles. The molecule has 0 aliphatic rings. The number of aromatic amines is 1. The predicted octanol–water partition coefficient (Wildman–Crippen LogP) is 3.30. The topological polar surface area (TPSA) is 133 Å². The molecule has 0 saturated carbocycles. The number of thioether (sulfide) groups is 1. The van der Waals surface area contributed by atoms with Crippen LogP contribution < -0.4 is 11.3 Å². The van der Waals surface area contributed by atoms with Gasteiger partial charge in [0.05, 0.1) is 0 Å². The Morgan fingerprint density at radius 2 is 1.69 bits per heavy atom. The SMILES string of the molecule is CCCCCSc1ccc(-c2c(C(=O)O)c(N)[nH]c(=O)c2C(=O)O)cc1. The molecule has 138 valence electrons. The fourth-order valence-electron chi connectivity index (χ4n) is 2.60. The van der Waals surface area contributed by atoms with Gasteiger partial charge in [-0.25, -0.2) is 9.59 Å². The van der Waals surface area contributed by atoms with Crippen LogP contribution >= 0.6 is 11.8 Å². The fraction of sp³-hybridized carbons (Fsp3) is 0.278. The van der Waals surface area contributed by atoms with E-state index in [4.69, 9.17) is 5.73 Å². The minimum absolute atomic E-state index is 0.186. The van der Waals surface area contributed by atoms with E-state index in [0.29, 0.717) is 5.56 Å². The highest BCUT2D eigenvalue weighted by molar-refractivity contribution is 7.99. The Morgan fingerprint density at radius 3 is 2.23 bits per heavy atom. The van der Waals surface area contributed by atoms with Crippen molar-refractivity contribution in [2.24, 2.45) is 0 Å². The third kappa shape index (κ3) is 4.26. The number of anilines is 1. The van der Waals surface area contributed by atoms with Crippen molar-refractivity contribution in [3.8, 4) is 11.1 Å². The highest BCUT2D eigenvalue weighted by Gasteiger charge is 2.26. The van der Waals surface area contributed by atoms with E-state index in [9.17, 15) is 24.6 Å². The Morgan fingerprint density at radius 1 is 1.08 bits per heavy atom. The second kappa shape index (κ2) is 8.57. The van der Waals surface area contributed by atoms with Crippen LogP contribution in [-0.2, 0) is 0 Å². The lowest BCUT2D eigenvalue weighted by Crippen LogP contribution is -2.24. The number of aromatic carboxylic acids is 2. The summed E-state index contributed by atoms with van der Waals surface area (Å²) < 4.78 is 0. The van der Waals surface area contributed by atoms with Crippen LogP contribution in [0.5, 0.6) is 0 Å². The second-order valence-corrected chi connectivity index (χ2v) is 6.85. The molecule has 1 aromatic carbocycles. The van der Waals surface area contributed by atoms with Crippen LogP contribution in [0.15, 0.2) is 34.0 Å². The number of nitrogens with one attached hydrogen (secondary N) is 1. The van der Waals surface area contributed by atoms with Crippen LogP contribution in [0.2, 0.25) is 0 Å². The Hall–Kier alpha value is -2.74. The first-order valence-electron chi connectivity index (χ1n) is 8.12. The lowest BCUT2D eigenvalue weighted by molar-refractivity contribution is 0.0695. The summed E-state index contributed by atoms with van der Waals surface area (Å²) in [5, 5.41) is 18.8. The van der Waals surface area contributed by atoms with Crippen molar-refractivity contribution in [1.82, 2.24) is 4.98 Å². The quantitative estimate of drug-likeness (QED) is 0.410. The number of nitrogen functional groups attached to an aromatic ring is 1. The van der Waals surface area contributed by atoms with Gasteiger partial charge in [0.1, 0.15) is 16.9 Å². The summed E-state index contributed by atoms with van der Waals surface area (Å²) in [6, 6.07) is 6.77. The minimum atomic E-state index is -1.51. The average Bonchev–Trinajstić information content (AvgIpc) is 2.57. The zero-order chi connectivity index (χ0) is 19.3. The van der Waals surface area contributed by atoms with E-state index >= 15 is 0 Å². The van der Waals surface area contributed by atoms with E-state index in [0.717, 1.165) is 29.9 Å². The maximum atomic E-state index is 12.0. The molecule has 0 unspecified atom stereocenters. The molecule has 0 fully saturated rings. The molecule has 7 nitrogen and oxygen atoms in total. The lowest BCUT2D eigenvalue weighted by Gasteiger charge is -2.12. The maximum Gasteiger partial charge on any atom is 0.342 e. The zero-order valence-corrected chi connectivity index (χ0v) is 15.1. The summed E-state index contributed by atoms with van der Waals surface area (Å²) in [6.45, 7) is 2.13. The van der Waals surface area contributed by atoms with Crippen LogP contribution in [0, 0.1) is 0 Å². The molecule has 2 rings (SSSR count). The summed E-state index contributed by atoms with van der Waals surface area (Å²) in [4.78, 5) is 38.2. The number of rotatable bonds is 8. The van der Waals surface area contributed by atoms with Crippen LogP contribution in [0.3, 0.4) is 0 Å². The third-order valence-electron chi connectivity index (χ3n) is 3.83. The lowest BCUT2D eigenvalue weighted by atomic mass is 9.95. The Balaban J connectivity index is 2.48. The first kappa shape index (κ1) is 19.6. The van der Waals surface area contributed by atoms with Gasteiger partial charge in [0.15, 0.2) is 0 Å². The normalized spacial score (nSPS) is 10.7. The molecule has 0 bridgehead atoms. The molecule has 0 spiro atoms. The highest BCUT2D eigenvalue weighted by atomic mass is 32.2. The van der Waals surface area contributed by atoms with Gasteiger partial charge in [-0.2, -0.15) is 0 Å². The van der Waals surface area contributed by atoms with Crippen molar-refractivity contribution in [2.75, 3.05) is 11.5 Å². The van der Waals surface area contributed by atoms with Gasteiger partial charge in [0, 0.05) is 10.5 Å². The molecule has 5 N–H and O–H groups in total. The molecule has 8 heteroatoms. The van der Waals surface area contributed by atoms with E-state index in [-0.39, 0.29) is 11.4 Å². The highest BCUT2D eigenvalue weighted by Crippen LogP contribution is 2.31. The third-order valence-corrected chi connectivity index (χ3v) is 4.93. The van der Waals surface area contributed by atoms with E-state index in [1.165, 1.54) is 0 Å². The number of benzene rings is 1. The van der Waals surface area contributed by atoms with Crippen LogP contribution in [0.25, 0.3) is 11.1 Å². The van der Waals surface area contributed by atoms with Gasteiger partial charge >= 0.3 is 11.9 Å². The number of hydrogen-bond donors (Lipinski definition) is 4. The van der Waals surface area contributed by atoms with Crippen LogP contribution in [0.4, 0.5) is 5.82 Å².